The van der Waals surface area contributed by atoms with Gasteiger partial charge in [-0.15, -0.1) is 10.2 Å². The Balaban J connectivity index is 1.69. The Morgan fingerprint density at radius 2 is 1.95 bits per heavy atom. The van der Waals surface area contributed by atoms with Gasteiger partial charge in [-0.25, -0.2) is 36.7 Å². The molecule has 1 saturated carbocycles. The third-order valence-electron chi connectivity index (χ3n) is 6.61. The molecule has 10 nitrogen and oxygen atoms in total. The Bertz CT molecular complexity index is 1570. The lowest BCUT2D eigenvalue weighted by Crippen LogP contribution is -2.41. The summed E-state index contributed by atoms with van der Waals surface area (Å²) in [7, 11) is -0.547. The lowest BCUT2D eigenvalue weighted by Gasteiger charge is -2.29. The minimum absolute atomic E-state index is 0.0214. The highest BCUT2D eigenvalue weighted by molar-refractivity contribution is 7.89. The maximum atomic E-state index is 13.4. The molecule has 1 aliphatic carbocycles. The molecule has 2 amide bonds. The first-order chi connectivity index (χ1) is 17.9. The van der Waals surface area contributed by atoms with Gasteiger partial charge in [-0.1, -0.05) is 17.4 Å². The Labute approximate surface area is 222 Å². The number of hydrogen-bond acceptors (Lipinski definition) is 8. The fourth-order valence-electron chi connectivity index (χ4n) is 4.34. The number of nitrogens with zero attached hydrogens (tertiary/aromatic N) is 6. The van der Waals surface area contributed by atoms with Crippen LogP contribution in [0, 0.1) is 6.92 Å². The van der Waals surface area contributed by atoms with E-state index in [1.807, 2.05) is 13.0 Å². The van der Waals surface area contributed by atoms with E-state index in [1.54, 1.807) is 32.0 Å². The molecule has 1 N–H and O–H groups in total. The van der Waals surface area contributed by atoms with Gasteiger partial charge < -0.3 is 9.80 Å². The van der Waals surface area contributed by atoms with Crippen LogP contribution >= 0.6 is 11.3 Å². The number of urea groups is 1. The van der Waals surface area contributed by atoms with Gasteiger partial charge in [0.2, 0.25) is 10.0 Å². The molecule has 0 spiro atoms. The first-order valence-corrected chi connectivity index (χ1v) is 14.3. The quantitative estimate of drug-likeness (QED) is 0.481. The number of rotatable bonds is 6. The number of halogens is 2. The predicted molar refractivity (Wildman–Crippen MR) is 139 cm³/mol. The lowest BCUT2D eigenvalue weighted by atomic mass is 9.96. The zero-order valence-corrected chi connectivity index (χ0v) is 23.0. The van der Waals surface area contributed by atoms with E-state index in [4.69, 9.17) is 0 Å². The Hall–Kier alpha value is -3.10. The molecular formula is C24H27F2N7O3S2. The maximum absolute atomic E-state index is 13.4. The molecule has 1 aromatic carbocycles. The van der Waals surface area contributed by atoms with Crippen molar-refractivity contribution in [2.24, 2.45) is 0 Å². The molecular weight excluding hydrogens is 536 g/mol. The molecule has 202 valence electrons. The number of amides is 2. The van der Waals surface area contributed by atoms with E-state index in [0.29, 0.717) is 53.1 Å². The second-order valence-corrected chi connectivity index (χ2v) is 12.7. The molecule has 2 aliphatic rings. The van der Waals surface area contributed by atoms with E-state index in [0.717, 1.165) is 18.4 Å². The van der Waals surface area contributed by atoms with Gasteiger partial charge in [-0.3, -0.25) is 0 Å². The van der Waals surface area contributed by atoms with Crippen LogP contribution in [-0.4, -0.2) is 77.1 Å². The average molecular weight is 564 g/mol. The molecule has 1 aliphatic heterocycles. The average Bonchev–Trinajstić information content (AvgIpc) is 3.37. The standard InChI is InChI=1S/C24H27F2N7O3S2/c1-13-27-18-16(14-5-9-33(10-6-14)23(34)32(3)4)11-15(38(35,36)31-24(2)7-8-24)12-17(18)19(28-13)21-29-30-22(37-21)20(25)26/h5,11-12,20,31H,6-10H2,1-4H3. The summed E-state index contributed by atoms with van der Waals surface area (Å²) in [5.74, 6) is 0.377. The largest absolute Gasteiger partial charge is 0.331 e. The molecule has 3 heterocycles. The van der Waals surface area contributed by atoms with Gasteiger partial charge in [0.05, 0.1) is 10.4 Å². The monoisotopic (exact) mass is 563 g/mol. The van der Waals surface area contributed by atoms with E-state index < -0.39 is 27.0 Å². The van der Waals surface area contributed by atoms with Crippen LogP contribution in [0.3, 0.4) is 0 Å². The van der Waals surface area contributed by atoms with Gasteiger partial charge in [0.25, 0.3) is 6.43 Å². The number of nitrogens with one attached hydrogen (secondary N) is 1. The van der Waals surface area contributed by atoms with Crippen molar-refractivity contribution in [1.29, 1.82) is 0 Å². The smallest absolute Gasteiger partial charge is 0.319 e. The fraction of sp³-hybridized carbons (Fsp3) is 0.458. The molecule has 0 radical (unpaired) electrons. The second kappa shape index (κ2) is 9.58. The van der Waals surface area contributed by atoms with Gasteiger partial charge in [-0.05, 0) is 50.8 Å². The third-order valence-corrected chi connectivity index (χ3v) is 9.17. The molecule has 2 aromatic heterocycles. The Morgan fingerprint density at radius 1 is 1.21 bits per heavy atom. The molecule has 3 aromatic rings. The molecule has 38 heavy (non-hydrogen) atoms. The van der Waals surface area contributed by atoms with Gasteiger partial charge >= 0.3 is 6.03 Å². The number of aromatic nitrogens is 4. The number of sulfonamides is 1. The summed E-state index contributed by atoms with van der Waals surface area (Å²) >= 11 is 0.708. The number of fused-ring (bicyclic) bond motifs is 1. The van der Waals surface area contributed by atoms with Crippen LogP contribution < -0.4 is 4.72 Å². The summed E-state index contributed by atoms with van der Waals surface area (Å²) in [6, 6.07) is 2.94. The summed E-state index contributed by atoms with van der Waals surface area (Å²) in [6.07, 6.45) is 1.06. The zero-order chi connectivity index (χ0) is 27.4. The van der Waals surface area contributed by atoms with Crippen molar-refractivity contribution >= 4 is 43.9 Å². The summed E-state index contributed by atoms with van der Waals surface area (Å²) < 4.78 is 56.2. The maximum Gasteiger partial charge on any atom is 0.319 e. The van der Waals surface area contributed by atoms with Crippen LogP contribution in [0.25, 0.3) is 27.2 Å². The van der Waals surface area contributed by atoms with E-state index in [9.17, 15) is 22.0 Å². The van der Waals surface area contributed by atoms with Crippen molar-refractivity contribution in [1.82, 2.24) is 34.7 Å². The zero-order valence-electron chi connectivity index (χ0n) is 21.3. The highest BCUT2D eigenvalue weighted by Crippen LogP contribution is 2.39. The first kappa shape index (κ1) is 26.5. The minimum Gasteiger partial charge on any atom is -0.331 e. The Morgan fingerprint density at radius 3 is 2.53 bits per heavy atom. The summed E-state index contributed by atoms with van der Waals surface area (Å²) in [5, 5.41) is 7.58. The van der Waals surface area contributed by atoms with Crippen molar-refractivity contribution in [3.05, 3.63) is 34.6 Å². The van der Waals surface area contributed by atoms with Crippen LogP contribution in [0.5, 0.6) is 0 Å². The van der Waals surface area contributed by atoms with Crippen molar-refractivity contribution in [2.75, 3.05) is 27.2 Å². The van der Waals surface area contributed by atoms with Gasteiger partial charge in [0.15, 0.2) is 10.0 Å². The van der Waals surface area contributed by atoms with E-state index >= 15 is 0 Å². The van der Waals surface area contributed by atoms with Gasteiger partial charge in [-0.2, -0.15) is 0 Å². The lowest BCUT2D eigenvalue weighted by molar-refractivity contribution is 0.150. The van der Waals surface area contributed by atoms with Crippen molar-refractivity contribution in [3.8, 4) is 10.7 Å². The fourth-order valence-corrected chi connectivity index (χ4v) is 6.56. The summed E-state index contributed by atoms with van der Waals surface area (Å²) in [6.45, 7) is 4.32. The number of carbonyl (C=O) groups is 1. The number of alkyl halides is 2. The number of aryl methyl sites for hydroxylation is 1. The predicted octanol–water partition coefficient (Wildman–Crippen LogP) is 4.00. The van der Waals surface area contributed by atoms with E-state index in [-0.39, 0.29) is 21.6 Å². The Kier molecular flexibility index (Phi) is 6.68. The minimum atomic E-state index is -3.92. The van der Waals surface area contributed by atoms with E-state index in [1.165, 1.54) is 11.0 Å². The number of hydrogen-bond donors (Lipinski definition) is 1. The molecule has 0 unspecified atom stereocenters. The van der Waals surface area contributed by atoms with Crippen molar-refractivity contribution in [3.63, 3.8) is 0 Å². The third kappa shape index (κ3) is 5.12. The normalized spacial score (nSPS) is 17.1. The summed E-state index contributed by atoms with van der Waals surface area (Å²) in [4.78, 5) is 24.7. The molecule has 0 atom stereocenters. The van der Waals surface area contributed by atoms with Crippen molar-refractivity contribution < 1.29 is 22.0 Å². The molecule has 1 fully saturated rings. The van der Waals surface area contributed by atoms with E-state index in [2.05, 4.69) is 24.9 Å². The van der Waals surface area contributed by atoms with Crippen LogP contribution in [0.1, 0.15) is 49.0 Å². The molecule has 0 bridgehead atoms. The van der Waals surface area contributed by atoms with Gasteiger partial charge in [0.1, 0.15) is 11.5 Å². The van der Waals surface area contributed by atoms with Crippen LogP contribution in [0.2, 0.25) is 0 Å². The topological polar surface area (TPSA) is 121 Å². The highest BCUT2D eigenvalue weighted by atomic mass is 32.2. The highest BCUT2D eigenvalue weighted by Gasteiger charge is 2.41. The van der Waals surface area contributed by atoms with Crippen LogP contribution in [0.4, 0.5) is 13.6 Å². The van der Waals surface area contributed by atoms with Crippen LogP contribution in [0.15, 0.2) is 23.1 Å². The molecule has 0 saturated heterocycles. The van der Waals surface area contributed by atoms with Crippen molar-refractivity contribution in [2.45, 2.75) is 50.0 Å². The molecule has 14 heteroatoms. The van der Waals surface area contributed by atoms with Gasteiger partial charge in [0, 0.05) is 43.7 Å². The number of benzene rings is 1. The SMILES string of the molecule is Cc1nc(-c2nnc(C(F)F)s2)c2cc(S(=O)(=O)NC3(C)CC3)cc(C3=CCN(C(=O)N(C)C)CC3)c2n1. The summed E-state index contributed by atoms with van der Waals surface area (Å²) in [5.41, 5.74) is 1.65. The second-order valence-electron chi connectivity index (χ2n) is 10.0. The van der Waals surface area contributed by atoms with Crippen LogP contribution in [-0.2, 0) is 10.0 Å². The molecule has 5 rings (SSSR count). The number of carbonyl (C=O) groups excluding carboxylic acids is 1. The first-order valence-electron chi connectivity index (χ1n) is 12.0.